The van der Waals surface area contributed by atoms with Crippen LogP contribution in [0.25, 0.3) is 6.08 Å². The lowest BCUT2D eigenvalue weighted by Gasteiger charge is -2.53. The topological polar surface area (TPSA) is 35.5 Å². The maximum Gasteiger partial charge on any atom is 0.0718 e. The molecule has 30 heavy (non-hydrogen) atoms. The number of nitrogens with one attached hydrogen (secondary N) is 1. The van der Waals surface area contributed by atoms with Gasteiger partial charge in [0, 0.05) is 18.6 Å². The molecule has 2 saturated carbocycles. The van der Waals surface area contributed by atoms with Crippen LogP contribution in [0, 0.1) is 11.3 Å². The molecule has 2 atom stereocenters. The fourth-order valence-corrected chi connectivity index (χ4v) is 5.57. The Bertz CT molecular complexity index is 685. The number of β-amino-alcohol motifs (C(OH)–C–C–N with tert-alkyl or cyclic N) is 1. The molecule has 1 aliphatic heterocycles. The highest BCUT2D eigenvalue weighted by Crippen LogP contribution is 2.51. The van der Waals surface area contributed by atoms with Crippen molar-refractivity contribution in [1.29, 1.82) is 0 Å². The van der Waals surface area contributed by atoms with Crippen molar-refractivity contribution in [1.82, 2.24) is 10.2 Å². The van der Waals surface area contributed by atoms with Crippen LogP contribution in [-0.2, 0) is 0 Å². The van der Waals surface area contributed by atoms with Gasteiger partial charge in [-0.25, -0.2) is 0 Å². The number of benzene rings is 1. The van der Waals surface area contributed by atoms with E-state index in [2.05, 4.69) is 53.5 Å². The summed E-state index contributed by atoms with van der Waals surface area (Å²) in [6.07, 6.45) is 10.2. The fraction of sp³-hybridized carbons (Fsp3) is 0.680. The third kappa shape index (κ3) is 6.46. The van der Waals surface area contributed by atoms with E-state index in [1.54, 1.807) is 5.57 Å². The molecule has 4 rings (SSSR count). The molecule has 0 aromatic heterocycles. The maximum atomic E-state index is 10.0. The van der Waals surface area contributed by atoms with E-state index in [4.69, 9.17) is 0 Å². The molecule has 5 heteroatoms. The summed E-state index contributed by atoms with van der Waals surface area (Å²) in [5, 5.41) is 14.0. The number of nitrogens with zero attached hydrogens (tertiary/aromatic N) is 1. The summed E-state index contributed by atoms with van der Waals surface area (Å²) in [5.74, 6) is 0.746. The first-order valence-corrected chi connectivity index (χ1v) is 11.3. The number of aliphatic hydroxyl groups is 1. The lowest BCUT2D eigenvalue weighted by atomic mass is 9.60. The van der Waals surface area contributed by atoms with Gasteiger partial charge in [-0.2, -0.15) is 0 Å². The van der Waals surface area contributed by atoms with E-state index >= 15 is 0 Å². The average molecular weight is 456 g/mol. The van der Waals surface area contributed by atoms with Crippen molar-refractivity contribution in [2.45, 2.75) is 77.0 Å². The lowest BCUT2D eigenvalue weighted by Crippen LogP contribution is -2.55. The van der Waals surface area contributed by atoms with E-state index in [1.807, 2.05) is 13.8 Å². The van der Waals surface area contributed by atoms with Crippen molar-refractivity contribution < 1.29 is 5.11 Å². The van der Waals surface area contributed by atoms with Crippen molar-refractivity contribution in [2.75, 3.05) is 19.6 Å². The SMILES string of the molecule is CC/C(=C\c1ccccc1)[C@H]1C[C@@H]1NC1CC2(CCN(CC(C)(C)O)CC2)C1.Cl.Cl. The Morgan fingerprint density at radius 2 is 1.80 bits per heavy atom. The Balaban J connectivity index is 0.00000160. The van der Waals surface area contributed by atoms with E-state index in [-0.39, 0.29) is 24.8 Å². The lowest BCUT2D eigenvalue weighted by molar-refractivity contribution is -0.0256. The molecule has 0 unspecified atom stereocenters. The van der Waals surface area contributed by atoms with Gasteiger partial charge in [0.15, 0.2) is 0 Å². The molecule has 2 N–H and O–H groups in total. The highest BCUT2D eigenvalue weighted by atomic mass is 35.5. The minimum atomic E-state index is -0.570. The van der Waals surface area contributed by atoms with Gasteiger partial charge in [0.1, 0.15) is 0 Å². The monoisotopic (exact) mass is 454 g/mol. The molecule has 1 aromatic rings. The minimum Gasteiger partial charge on any atom is -0.389 e. The molecule has 3 nitrogen and oxygen atoms in total. The average Bonchev–Trinajstić information content (AvgIpc) is 3.39. The van der Waals surface area contributed by atoms with Crippen molar-refractivity contribution in [3.05, 3.63) is 41.5 Å². The van der Waals surface area contributed by atoms with Crippen molar-refractivity contribution in [3.63, 3.8) is 0 Å². The van der Waals surface area contributed by atoms with Gasteiger partial charge in [-0.15, -0.1) is 24.8 Å². The van der Waals surface area contributed by atoms with E-state index in [1.165, 1.54) is 37.7 Å². The third-order valence-electron chi connectivity index (χ3n) is 7.16. The predicted octanol–water partition coefficient (Wildman–Crippen LogP) is 5.32. The molecule has 1 saturated heterocycles. The second-order valence-electron chi connectivity index (χ2n) is 10.3. The summed E-state index contributed by atoms with van der Waals surface area (Å²) in [6.45, 7) is 9.25. The number of rotatable bonds is 7. The van der Waals surface area contributed by atoms with Gasteiger partial charge in [-0.3, -0.25) is 0 Å². The zero-order valence-electron chi connectivity index (χ0n) is 18.8. The summed E-state index contributed by atoms with van der Waals surface area (Å²) in [7, 11) is 0. The largest absolute Gasteiger partial charge is 0.389 e. The first-order chi connectivity index (χ1) is 13.4. The normalized spacial score (nSPS) is 26.5. The number of hydrogen-bond donors (Lipinski definition) is 2. The van der Waals surface area contributed by atoms with E-state index in [0.717, 1.165) is 38.0 Å². The van der Waals surface area contributed by atoms with E-state index < -0.39 is 5.60 Å². The molecule has 2 aliphatic carbocycles. The smallest absolute Gasteiger partial charge is 0.0718 e. The number of likely N-dealkylation sites (tertiary alicyclic amines) is 1. The number of halogens is 2. The third-order valence-corrected chi connectivity index (χ3v) is 7.16. The molecule has 0 radical (unpaired) electrons. The van der Waals surface area contributed by atoms with Gasteiger partial charge in [0.05, 0.1) is 5.60 Å². The van der Waals surface area contributed by atoms with Crippen LogP contribution in [0.15, 0.2) is 35.9 Å². The molecular formula is C25H40Cl2N2O. The van der Waals surface area contributed by atoms with Gasteiger partial charge in [0.25, 0.3) is 0 Å². The zero-order valence-corrected chi connectivity index (χ0v) is 20.4. The highest BCUT2D eigenvalue weighted by Gasteiger charge is 2.49. The Morgan fingerprint density at radius 1 is 1.17 bits per heavy atom. The van der Waals surface area contributed by atoms with Gasteiger partial charge >= 0.3 is 0 Å². The number of hydrogen-bond acceptors (Lipinski definition) is 3. The second kappa shape index (κ2) is 10.4. The van der Waals surface area contributed by atoms with Gasteiger partial charge in [-0.1, -0.05) is 48.9 Å². The summed E-state index contributed by atoms with van der Waals surface area (Å²) in [6, 6.07) is 12.2. The Morgan fingerprint density at radius 3 is 2.37 bits per heavy atom. The molecular weight excluding hydrogens is 415 g/mol. The zero-order chi connectivity index (χ0) is 19.8. The minimum absolute atomic E-state index is 0. The summed E-state index contributed by atoms with van der Waals surface area (Å²) in [4.78, 5) is 2.45. The summed E-state index contributed by atoms with van der Waals surface area (Å²) in [5.41, 5.74) is 2.97. The molecule has 170 valence electrons. The number of piperidine rings is 1. The van der Waals surface area contributed by atoms with E-state index in [0.29, 0.717) is 11.5 Å². The highest BCUT2D eigenvalue weighted by molar-refractivity contribution is 5.85. The predicted molar refractivity (Wildman–Crippen MR) is 132 cm³/mol. The molecule has 1 aromatic carbocycles. The van der Waals surface area contributed by atoms with Crippen LogP contribution in [0.1, 0.15) is 64.9 Å². The first-order valence-electron chi connectivity index (χ1n) is 11.3. The second-order valence-corrected chi connectivity index (χ2v) is 10.3. The fourth-order valence-electron chi connectivity index (χ4n) is 5.57. The van der Waals surface area contributed by atoms with Crippen LogP contribution in [0.3, 0.4) is 0 Å². The van der Waals surface area contributed by atoms with Crippen LogP contribution in [-0.4, -0.2) is 47.3 Å². The van der Waals surface area contributed by atoms with Crippen molar-refractivity contribution in [2.24, 2.45) is 11.3 Å². The van der Waals surface area contributed by atoms with Crippen LogP contribution in [0.4, 0.5) is 0 Å². The van der Waals surface area contributed by atoms with E-state index in [9.17, 15) is 5.11 Å². The van der Waals surface area contributed by atoms with Crippen LogP contribution >= 0.6 is 24.8 Å². The van der Waals surface area contributed by atoms with Gasteiger partial charge in [-0.05, 0) is 82.4 Å². The van der Waals surface area contributed by atoms with Crippen LogP contribution in [0.2, 0.25) is 0 Å². The van der Waals surface area contributed by atoms with Crippen LogP contribution < -0.4 is 5.32 Å². The van der Waals surface area contributed by atoms with Gasteiger partial charge < -0.3 is 15.3 Å². The standard InChI is InChI=1S/C25H38N2O.2ClH/c1-4-20(14-19-8-6-5-7-9-19)22-15-23(22)26-21-16-25(17-21)10-12-27(13-11-25)18-24(2,3)28;;/h5-9,14,21-23,26,28H,4,10-13,15-18H2,1-3H3;2*1H/b20-14+;;/t22-,23+;;/m1../s1. The Labute approximate surface area is 195 Å². The molecule has 0 bridgehead atoms. The quantitative estimate of drug-likeness (QED) is 0.584. The maximum absolute atomic E-state index is 10.0. The van der Waals surface area contributed by atoms with Gasteiger partial charge in [0.2, 0.25) is 0 Å². The Kier molecular flexibility index (Phi) is 8.87. The first kappa shape index (κ1) is 25.7. The molecule has 3 aliphatic rings. The van der Waals surface area contributed by atoms with Crippen molar-refractivity contribution in [3.8, 4) is 0 Å². The molecule has 0 amide bonds. The van der Waals surface area contributed by atoms with Crippen LogP contribution in [0.5, 0.6) is 0 Å². The molecule has 1 spiro atoms. The summed E-state index contributed by atoms with van der Waals surface area (Å²) >= 11 is 0. The van der Waals surface area contributed by atoms with Crippen molar-refractivity contribution >= 4 is 30.9 Å². The molecule has 1 heterocycles. The molecule has 3 fully saturated rings. The summed E-state index contributed by atoms with van der Waals surface area (Å²) < 4.78 is 0. The Hall–Kier alpha value is -0.580.